The SMILES string of the molecule is COc1ccc2[nH]cc(C(=O)C(=O)N3CCN(c4ccc(N5C[C@H](CNC(C)=O)OC5=O)cc4F)CC3)c2c1. The molecule has 0 bridgehead atoms. The molecule has 204 valence electrons. The van der Waals surface area contributed by atoms with Gasteiger partial charge in [0.15, 0.2) is 0 Å². The highest BCUT2D eigenvalue weighted by molar-refractivity contribution is 6.44. The number of methoxy groups -OCH3 is 1. The summed E-state index contributed by atoms with van der Waals surface area (Å²) >= 11 is 0. The molecule has 39 heavy (non-hydrogen) atoms. The van der Waals surface area contributed by atoms with Crippen LogP contribution in [-0.2, 0) is 14.3 Å². The van der Waals surface area contributed by atoms with Crippen LogP contribution in [0.1, 0.15) is 17.3 Å². The maximum atomic E-state index is 15.1. The Morgan fingerprint density at radius 1 is 1.13 bits per heavy atom. The van der Waals surface area contributed by atoms with Crippen molar-refractivity contribution in [2.75, 3.05) is 56.2 Å². The fraction of sp³-hybridized carbons (Fsp3) is 0.333. The van der Waals surface area contributed by atoms with Crippen molar-refractivity contribution in [2.45, 2.75) is 13.0 Å². The zero-order valence-electron chi connectivity index (χ0n) is 21.5. The Morgan fingerprint density at radius 3 is 2.59 bits per heavy atom. The first-order valence-corrected chi connectivity index (χ1v) is 12.5. The number of hydrogen-bond donors (Lipinski definition) is 2. The number of carbonyl (C=O) groups is 4. The Hall–Kier alpha value is -4.61. The second-order valence-electron chi connectivity index (χ2n) is 9.41. The van der Waals surface area contributed by atoms with Gasteiger partial charge in [-0.05, 0) is 36.4 Å². The molecule has 2 saturated heterocycles. The van der Waals surface area contributed by atoms with Gasteiger partial charge in [0.25, 0.3) is 11.7 Å². The highest BCUT2D eigenvalue weighted by Crippen LogP contribution is 2.29. The number of hydrogen-bond acceptors (Lipinski definition) is 7. The van der Waals surface area contributed by atoms with E-state index in [1.165, 1.54) is 36.1 Å². The smallest absolute Gasteiger partial charge is 0.414 e. The van der Waals surface area contributed by atoms with Gasteiger partial charge in [-0.15, -0.1) is 0 Å². The summed E-state index contributed by atoms with van der Waals surface area (Å²) in [6, 6.07) is 9.74. The normalized spacial score (nSPS) is 17.4. The first-order chi connectivity index (χ1) is 18.7. The van der Waals surface area contributed by atoms with E-state index in [-0.39, 0.29) is 37.6 Å². The summed E-state index contributed by atoms with van der Waals surface area (Å²) in [6.07, 6.45) is 0.391. The van der Waals surface area contributed by atoms with Crippen molar-refractivity contribution in [2.24, 2.45) is 0 Å². The number of H-pyrrole nitrogens is 1. The number of piperazine rings is 1. The molecule has 0 radical (unpaired) electrons. The van der Waals surface area contributed by atoms with Crippen LogP contribution < -0.4 is 19.9 Å². The number of ether oxygens (including phenoxy) is 2. The summed E-state index contributed by atoms with van der Waals surface area (Å²) in [5.74, 6) is -1.40. The third-order valence-corrected chi connectivity index (χ3v) is 6.93. The molecule has 2 fully saturated rings. The zero-order chi connectivity index (χ0) is 27.7. The summed E-state index contributed by atoms with van der Waals surface area (Å²) in [5.41, 5.74) is 1.68. The van der Waals surface area contributed by atoms with Crippen LogP contribution in [0.4, 0.5) is 20.6 Å². The second-order valence-corrected chi connectivity index (χ2v) is 9.41. The van der Waals surface area contributed by atoms with Crippen molar-refractivity contribution < 1.29 is 33.0 Å². The molecule has 2 N–H and O–H groups in total. The van der Waals surface area contributed by atoms with Gasteiger partial charge in [-0.1, -0.05) is 0 Å². The number of anilines is 2. The molecule has 2 aliphatic rings. The molecular formula is C27H28FN5O6. The van der Waals surface area contributed by atoms with Crippen LogP contribution in [0.3, 0.4) is 0 Å². The summed E-state index contributed by atoms with van der Waals surface area (Å²) < 4.78 is 25.6. The average molecular weight is 538 g/mol. The van der Waals surface area contributed by atoms with Crippen LogP contribution in [-0.4, -0.2) is 86.1 Å². The number of aromatic nitrogens is 1. The quantitative estimate of drug-likeness (QED) is 0.350. The van der Waals surface area contributed by atoms with Crippen LogP contribution in [0.5, 0.6) is 5.75 Å². The van der Waals surface area contributed by atoms with Crippen LogP contribution >= 0.6 is 0 Å². The molecule has 2 aliphatic heterocycles. The van der Waals surface area contributed by atoms with E-state index in [4.69, 9.17) is 9.47 Å². The van der Waals surface area contributed by atoms with Crippen LogP contribution in [0.2, 0.25) is 0 Å². The Kier molecular flexibility index (Phi) is 7.09. The number of rotatable bonds is 7. The molecule has 0 saturated carbocycles. The van der Waals surface area contributed by atoms with Crippen molar-refractivity contribution in [1.29, 1.82) is 0 Å². The van der Waals surface area contributed by atoms with Gasteiger partial charge < -0.3 is 29.6 Å². The summed E-state index contributed by atoms with van der Waals surface area (Å²) in [5, 5.41) is 3.21. The molecule has 5 rings (SSSR count). The molecule has 3 heterocycles. The number of benzene rings is 2. The number of fused-ring (bicyclic) bond motifs is 1. The van der Waals surface area contributed by atoms with Gasteiger partial charge in [0.1, 0.15) is 17.7 Å². The van der Waals surface area contributed by atoms with E-state index >= 15 is 4.39 Å². The molecule has 11 nitrogen and oxygen atoms in total. The topological polar surface area (TPSA) is 124 Å². The molecule has 3 aromatic rings. The lowest BCUT2D eigenvalue weighted by atomic mass is 10.1. The first kappa shape index (κ1) is 26.0. The number of halogens is 1. The van der Waals surface area contributed by atoms with Crippen LogP contribution in [0.15, 0.2) is 42.6 Å². The monoisotopic (exact) mass is 537 g/mol. The van der Waals surface area contributed by atoms with Gasteiger partial charge in [-0.3, -0.25) is 19.3 Å². The standard InChI is InChI=1S/C27H28FN5O6/c1-16(34)29-13-19-15-33(27(37)39-19)17-3-6-24(22(28)11-17)31-7-9-32(10-8-31)26(36)25(35)21-14-30-23-5-4-18(38-2)12-20(21)23/h3-6,11-12,14,19,30H,7-10,13,15H2,1-2H3,(H,29,34)/t19-/m0/s1. The Balaban J connectivity index is 1.21. The first-order valence-electron chi connectivity index (χ1n) is 12.5. The molecule has 0 spiro atoms. The minimum absolute atomic E-state index is 0.179. The fourth-order valence-corrected chi connectivity index (χ4v) is 4.84. The number of Topliss-reactive ketones (excluding diaryl/α,β-unsaturated/α-hetero) is 1. The van der Waals surface area contributed by atoms with Crippen molar-refractivity contribution >= 4 is 46.0 Å². The van der Waals surface area contributed by atoms with E-state index < -0.39 is 29.7 Å². The second kappa shape index (κ2) is 10.6. The molecule has 1 atom stereocenters. The van der Waals surface area contributed by atoms with Crippen LogP contribution in [0.25, 0.3) is 10.9 Å². The lowest BCUT2D eigenvalue weighted by Crippen LogP contribution is -2.50. The van der Waals surface area contributed by atoms with Gasteiger partial charge >= 0.3 is 6.09 Å². The summed E-state index contributed by atoms with van der Waals surface area (Å²) in [7, 11) is 1.53. The van der Waals surface area contributed by atoms with Crippen molar-refractivity contribution in [3.63, 3.8) is 0 Å². The summed E-state index contributed by atoms with van der Waals surface area (Å²) in [4.78, 5) is 57.0. The Labute approximate surface area is 223 Å². The minimum atomic E-state index is -0.618. The number of nitrogens with zero attached hydrogens (tertiary/aromatic N) is 3. The highest BCUT2D eigenvalue weighted by atomic mass is 19.1. The number of nitrogens with one attached hydrogen (secondary N) is 2. The van der Waals surface area contributed by atoms with Crippen molar-refractivity contribution in [3.8, 4) is 5.75 Å². The zero-order valence-corrected chi connectivity index (χ0v) is 21.5. The van der Waals surface area contributed by atoms with Crippen LogP contribution in [0, 0.1) is 5.82 Å². The highest BCUT2D eigenvalue weighted by Gasteiger charge is 2.33. The van der Waals surface area contributed by atoms with E-state index in [1.807, 2.05) is 0 Å². The number of carbonyl (C=O) groups excluding carboxylic acids is 4. The van der Waals surface area contributed by atoms with E-state index in [0.29, 0.717) is 35.6 Å². The van der Waals surface area contributed by atoms with Crippen molar-refractivity contribution in [1.82, 2.24) is 15.2 Å². The maximum Gasteiger partial charge on any atom is 0.414 e. The van der Waals surface area contributed by atoms with Crippen molar-refractivity contribution in [3.05, 3.63) is 54.0 Å². The summed E-state index contributed by atoms with van der Waals surface area (Å²) in [6.45, 7) is 2.91. The van der Waals surface area contributed by atoms with E-state index in [0.717, 1.165) is 5.52 Å². The number of ketones is 1. The molecule has 3 amide bonds. The van der Waals surface area contributed by atoms with Gasteiger partial charge in [0.05, 0.1) is 37.1 Å². The third-order valence-electron chi connectivity index (χ3n) is 6.93. The molecule has 12 heteroatoms. The number of amides is 3. The predicted molar refractivity (Wildman–Crippen MR) is 141 cm³/mol. The molecule has 0 unspecified atom stereocenters. The predicted octanol–water partition coefficient (Wildman–Crippen LogP) is 2.31. The van der Waals surface area contributed by atoms with E-state index in [9.17, 15) is 19.2 Å². The van der Waals surface area contributed by atoms with Gasteiger partial charge in [-0.25, -0.2) is 9.18 Å². The molecule has 2 aromatic carbocycles. The Bertz CT molecular complexity index is 1450. The van der Waals surface area contributed by atoms with Gasteiger partial charge in [0.2, 0.25) is 5.91 Å². The minimum Gasteiger partial charge on any atom is -0.497 e. The fourth-order valence-electron chi connectivity index (χ4n) is 4.84. The van der Waals surface area contributed by atoms with Gasteiger partial charge in [0, 0.05) is 50.2 Å². The largest absolute Gasteiger partial charge is 0.497 e. The van der Waals surface area contributed by atoms with E-state index in [1.54, 1.807) is 35.2 Å². The number of cyclic esters (lactones) is 1. The molecule has 0 aliphatic carbocycles. The molecule has 1 aromatic heterocycles. The van der Waals surface area contributed by atoms with Gasteiger partial charge in [-0.2, -0.15) is 0 Å². The third kappa shape index (κ3) is 5.22. The lowest BCUT2D eigenvalue weighted by Gasteiger charge is -2.36. The molecular weight excluding hydrogens is 509 g/mol. The lowest BCUT2D eigenvalue weighted by molar-refractivity contribution is -0.126. The maximum absolute atomic E-state index is 15.1. The van der Waals surface area contributed by atoms with E-state index in [2.05, 4.69) is 10.3 Å². The average Bonchev–Trinajstić information content (AvgIpc) is 3.53. The number of aromatic amines is 1. The Morgan fingerprint density at radius 2 is 1.90 bits per heavy atom.